The van der Waals surface area contributed by atoms with E-state index in [0.717, 1.165) is 51.2 Å². The monoisotopic (exact) mass is 295 g/mol. The van der Waals surface area contributed by atoms with Crippen LogP contribution in [0.3, 0.4) is 0 Å². The summed E-state index contributed by atoms with van der Waals surface area (Å²) in [6, 6.07) is 4.39. The smallest absolute Gasteiger partial charge is 0.173 e. The number of aryl methyl sites for hydroxylation is 1. The molecule has 21 heavy (non-hydrogen) atoms. The van der Waals surface area contributed by atoms with E-state index in [2.05, 4.69) is 12.2 Å². The fourth-order valence-electron chi connectivity index (χ4n) is 2.91. The maximum Gasteiger partial charge on any atom is 0.173 e. The van der Waals surface area contributed by atoms with E-state index in [0.29, 0.717) is 12.6 Å². The zero-order valence-electron chi connectivity index (χ0n) is 12.7. The second kappa shape index (κ2) is 6.92. The maximum absolute atomic E-state index is 6.11. The summed E-state index contributed by atoms with van der Waals surface area (Å²) in [5.74, 6) is 0.674. The first-order valence-corrected chi connectivity index (χ1v) is 7.91. The summed E-state index contributed by atoms with van der Waals surface area (Å²) in [5, 5.41) is 3.53. The van der Waals surface area contributed by atoms with Crippen molar-refractivity contribution in [1.82, 2.24) is 5.32 Å². The van der Waals surface area contributed by atoms with Crippen LogP contribution >= 0.6 is 0 Å². The van der Waals surface area contributed by atoms with Crippen LogP contribution in [0.15, 0.2) is 22.8 Å². The molecular formula is C16H25NO4. The molecule has 0 radical (unpaired) electrons. The Balaban J connectivity index is 1.35. The third-order valence-electron chi connectivity index (χ3n) is 4.27. The first-order valence-electron chi connectivity index (χ1n) is 7.91. The Morgan fingerprint density at radius 2 is 2.24 bits per heavy atom. The number of hydrogen-bond acceptors (Lipinski definition) is 5. The van der Waals surface area contributed by atoms with Crippen molar-refractivity contribution in [3.63, 3.8) is 0 Å². The van der Waals surface area contributed by atoms with Crippen LogP contribution in [0.1, 0.15) is 31.9 Å². The van der Waals surface area contributed by atoms with Crippen molar-refractivity contribution in [2.75, 3.05) is 26.4 Å². The standard InChI is InChI=1S/C16H25NO4/c1-13(4-5-14-3-2-8-19-14)17-11-15-12-20-16(21-15)6-9-18-10-7-16/h2-3,8,13,15,17H,4-7,9-12H2,1H3/t13-,15-/m0/s1. The zero-order chi connectivity index (χ0) is 14.5. The van der Waals surface area contributed by atoms with Gasteiger partial charge in [-0.15, -0.1) is 0 Å². The molecule has 0 amide bonds. The van der Waals surface area contributed by atoms with Crippen molar-refractivity contribution < 1.29 is 18.6 Å². The predicted molar refractivity (Wildman–Crippen MR) is 78.1 cm³/mol. The maximum atomic E-state index is 6.11. The molecule has 118 valence electrons. The highest BCUT2D eigenvalue weighted by molar-refractivity contribution is 4.98. The van der Waals surface area contributed by atoms with E-state index < -0.39 is 0 Å². The van der Waals surface area contributed by atoms with E-state index >= 15 is 0 Å². The van der Waals surface area contributed by atoms with Crippen LogP contribution in [0.5, 0.6) is 0 Å². The van der Waals surface area contributed by atoms with E-state index in [-0.39, 0.29) is 11.9 Å². The third kappa shape index (κ3) is 4.07. The van der Waals surface area contributed by atoms with Gasteiger partial charge in [0.15, 0.2) is 5.79 Å². The lowest BCUT2D eigenvalue weighted by Gasteiger charge is -2.31. The summed E-state index contributed by atoms with van der Waals surface area (Å²) in [7, 11) is 0. The number of nitrogens with one attached hydrogen (secondary N) is 1. The van der Waals surface area contributed by atoms with Crippen molar-refractivity contribution in [3.8, 4) is 0 Å². The largest absolute Gasteiger partial charge is 0.469 e. The fraction of sp³-hybridized carbons (Fsp3) is 0.750. The molecule has 0 aromatic carbocycles. The van der Waals surface area contributed by atoms with Crippen molar-refractivity contribution in [1.29, 1.82) is 0 Å². The van der Waals surface area contributed by atoms with E-state index in [9.17, 15) is 0 Å². The van der Waals surface area contributed by atoms with Crippen LogP contribution in [0, 0.1) is 0 Å². The molecule has 1 N–H and O–H groups in total. The highest BCUT2D eigenvalue weighted by Crippen LogP contribution is 2.32. The molecule has 2 aliphatic heterocycles. The third-order valence-corrected chi connectivity index (χ3v) is 4.27. The molecule has 2 saturated heterocycles. The Bertz CT molecular complexity index is 414. The van der Waals surface area contributed by atoms with Crippen LogP contribution in [0.25, 0.3) is 0 Å². The minimum absolute atomic E-state index is 0.147. The normalized spacial score (nSPS) is 26.2. The Kier molecular flexibility index (Phi) is 4.95. The van der Waals surface area contributed by atoms with Crippen LogP contribution in [0.2, 0.25) is 0 Å². The Morgan fingerprint density at radius 1 is 1.38 bits per heavy atom. The minimum atomic E-state index is -0.373. The molecule has 1 aromatic rings. The summed E-state index contributed by atoms with van der Waals surface area (Å²) in [5.41, 5.74) is 0. The molecule has 1 aromatic heterocycles. The summed E-state index contributed by atoms with van der Waals surface area (Å²) in [6.45, 7) is 5.18. The van der Waals surface area contributed by atoms with Gasteiger partial charge in [0.25, 0.3) is 0 Å². The second-order valence-electron chi connectivity index (χ2n) is 6.00. The quantitative estimate of drug-likeness (QED) is 0.871. The molecule has 5 heteroatoms. The van der Waals surface area contributed by atoms with Gasteiger partial charge in [0, 0.05) is 31.8 Å². The summed E-state index contributed by atoms with van der Waals surface area (Å²) < 4.78 is 22.7. The van der Waals surface area contributed by atoms with Gasteiger partial charge in [-0.2, -0.15) is 0 Å². The summed E-state index contributed by atoms with van der Waals surface area (Å²) in [6.07, 6.45) is 5.58. The van der Waals surface area contributed by atoms with Gasteiger partial charge in [0.1, 0.15) is 5.76 Å². The van der Waals surface area contributed by atoms with Gasteiger partial charge < -0.3 is 23.9 Å². The molecule has 0 bridgehead atoms. The molecular weight excluding hydrogens is 270 g/mol. The van der Waals surface area contributed by atoms with Crippen LogP contribution < -0.4 is 5.32 Å². The number of rotatable bonds is 6. The molecule has 0 unspecified atom stereocenters. The number of ether oxygens (including phenoxy) is 3. The van der Waals surface area contributed by atoms with Gasteiger partial charge >= 0.3 is 0 Å². The van der Waals surface area contributed by atoms with Gasteiger partial charge in [0.2, 0.25) is 0 Å². The molecule has 3 heterocycles. The average Bonchev–Trinajstić information content (AvgIpc) is 3.14. The molecule has 3 rings (SSSR count). The SMILES string of the molecule is C[C@@H](CCc1ccco1)NC[C@H]1COC2(CCOCC2)O1. The molecule has 2 atom stereocenters. The van der Waals surface area contributed by atoms with Crippen LogP contribution in [-0.2, 0) is 20.6 Å². The molecule has 0 aliphatic carbocycles. The fourth-order valence-corrected chi connectivity index (χ4v) is 2.91. The van der Waals surface area contributed by atoms with Crippen molar-refractivity contribution in [2.24, 2.45) is 0 Å². The van der Waals surface area contributed by atoms with Crippen LogP contribution in [0.4, 0.5) is 0 Å². The number of furan rings is 1. The molecule has 1 spiro atoms. The molecule has 2 aliphatic rings. The lowest BCUT2D eigenvalue weighted by molar-refractivity contribution is -0.210. The summed E-state index contributed by atoms with van der Waals surface area (Å²) >= 11 is 0. The van der Waals surface area contributed by atoms with Gasteiger partial charge in [-0.3, -0.25) is 0 Å². The highest BCUT2D eigenvalue weighted by Gasteiger charge is 2.42. The second-order valence-corrected chi connectivity index (χ2v) is 6.00. The first kappa shape index (κ1) is 15.0. The van der Waals surface area contributed by atoms with E-state index in [1.54, 1.807) is 6.26 Å². The Labute approximate surface area is 125 Å². The van der Waals surface area contributed by atoms with E-state index in [4.69, 9.17) is 18.6 Å². The lowest BCUT2D eigenvalue weighted by atomic mass is 10.1. The summed E-state index contributed by atoms with van der Waals surface area (Å²) in [4.78, 5) is 0. The van der Waals surface area contributed by atoms with E-state index in [1.807, 2.05) is 12.1 Å². The van der Waals surface area contributed by atoms with Crippen molar-refractivity contribution in [3.05, 3.63) is 24.2 Å². The highest BCUT2D eigenvalue weighted by atomic mass is 16.7. The zero-order valence-corrected chi connectivity index (χ0v) is 12.7. The van der Waals surface area contributed by atoms with E-state index in [1.165, 1.54) is 0 Å². The lowest BCUT2D eigenvalue weighted by Crippen LogP contribution is -2.40. The Hall–Kier alpha value is -0.880. The molecule has 2 fully saturated rings. The predicted octanol–water partition coefficient (Wildman–Crippen LogP) is 2.11. The Morgan fingerprint density at radius 3 is 3.00 bits per heavy atom. The van der Waals surface area contributed by atoms with Crippen molar-refractivity contribution >= 4 is 0 Å². The topological polar surface area (TPSA) is 52.9 Å². The van der Waals surface area contributed by atoms with Gasteiger partial charge in [-0.05, 0) is 25.5 Å². The van der Waals surface area contributed by atoms with Gasteiger partial charge in [-0.1, -0.05) is 0 Å². The van der Waals surface area contributed by atoms with Crippen LogP contribution in [-0.4, -0.2) is 44.3 Å². The molecule has 0 saturated carbocycles. The van der Waals surface area contributed by atoms with Gasteiger partial charge in [-0.25, -0.2) is 0 Å². The van der Waals surface area contributed by atoms with Crippen molar-refractivity contribution in [2.45, 2.75) is 50.5 Å². The number of hydrogen-bond donors (Lipinski definition) is 1. The molecule has 5 nitrogen and oxygen atoms in total. The van der Waals surface area contributed by atoms with Gasteiger partial charge in [0.05, 0.1) is 32.2 Å². The average molecular weight is 295 g/mol. The minimum Gasteiger partial charge on any atom is -0.469 e. The first-order chi connectivity index (χ1) is 10.3.